The summed E-state index contributed by atoms with van der Waals surface area (Å²) in [6, 6.07) is 9.36. The Hall–Kier alpha value is -2.53. The van der Waals surface area contributed by atoms with Gasteiger partial charge in [-0.25, -0.2) is 0 Å². The number of fused-ring (bicyclic) bond motifs is 2. The molecule has 1 aromatic heterocycles. The molecule has 0 radical (unpaired) electrons. The number of aromatic nitrogens is 2. The van der Waals surface area contributed by atoms with E-state index < -0.39 is 0 Å². The smallest absolute Gasteiger partial charge is 0.256 e. The minimum Gasteiger partial charge on any atom is -0.385 e. The van der Waals surface area contributed by atoms with E-state index in [1.165, 1.54) is 5.56 Å². The van der Waals surface area contributed by atoms with Crippen molar-refractivity contribution >= 4 is 39.8 Å². The number of hydrogen-bond acceptors (Lipinski definition) is 3. The van der Waals surface area contributed by atoms with Gasteiger partial charge in [-0.05, 0) is 48.7 Å². The first-order valence-corrected chi connectivity index (χ1v) is 7.89. The quantitative estimate of drug-likeness (QED) is 0.670. The Morgan fingerprint density at radius 1 is 1.26 bits per heavy atom. The third-order valence-electron chi connectivity index (χ3n) is 4.07. The molecular weight excluding hydrogens is 312 g/mol. The number of rotatable bonds is 2. The maximum absolute atomic E-state index is 12.6. The lowest BCUT2D eigenvalue weighted by atomic mass is 10.0. The Morgan fingerprint density at radius 2 is 2.17 bits per heavy atom. The molecule has 4 rings (SSSR count). The van der Waals surface area contributed by atoms with E-state index in [2.05, 4.69) is 20.8 Å². The minimum atomic E-state index is -0.192. The molecular formula is C17H15ClN4O. The first-order valence-electron chi connectivity index (χ1n) is 7.51. The predicted molar refractivity (Wildman–Crippen MR) is 92.3 cm³/mol. The van der Waals surface area contributed by atoms with Crippen molar-refractivity contribution in [3.05, 3.63) is 52.7 Å². The number of anilines is 2. The van der Waals surface area contributed by atoms with Crippen LogP contribution in [0, 0.1) is 0 Å². The van der Waals surface area contributed by atoms with Gasteiger partial charge in [0.1, 0.15) is 0 Å². The van der Waals surface area contributed by atoms with Crippen molar-refractivity contribution in [2.75, 3.05) is 17.2 Å². The van der Waals surface area contributed by atoms with Crippen molar-refractivity contribution in [3.8, 4) is 0 Å². The number of amides is 1. The summed E-state index contributed by atoms with van der Waals surface area (Å²) >= 11 is 6.09. The van der Waals surface area contributed by atoms with Gasteiger partial charge in [-0.15, -0.1) is 0 Å². The van der Waals surface area contributed by atoms with Gasteiger partial charge in [0.15, 0.2) is 0 Å². The molecule has 5 nitrogen and oxygen atoms in total. The first kappa shape index (κ1) is 14.1. The van der Waals surface area contributed by atoms with Gasteiger partial charge in [0.2, 0.25) is 0 Å². The number of benzene rings is 2. The molecule has 0 bridgehead atoms. The summed E-state index contributed by atoms with van der Waals surface area (Å²) in [4.78, 5) is 12.6. The zero-order chi connectivity index (χ0) is 15.8. The van der Waals surface area contributed by atoms with E-state index in [-0.39, 0.29) is 5.91 Å². The summed E-state index contributed by atoms with van der Waals surface area (Å²) in [6.07, 6.45) is 3.76. The fourth-order valence-electron chi connectivity index (χ4n) is 2.95. The fraction of sp³-hybridized carbons (Fsp3) is 0.176. The van der Waals surface area contributed by atoms with E-state index in [0.717, 1.165) is 41.7 Å². The van der Waals surface area contributed by atoms with Crippen molar-refractivity contribution < 1.29 is 4.79 Å². The second-order valence-corrected chi connectivity index (χ2v) is 6.08. The molecule has 116 valence electrons. The molecule has 6 heteroatoms. The Labute approximate surface area is 138 Å². The highest BCUT2D eigenvalue weighted by Gasteiger charge is 2.15. The van der Waals surface area contributed by atoms with Crippen LogP contribution in [0.5, 0.6) is 0 Å². The van der Waals surface area contributed by atoms with Crippen LogP contribution in [0.4, 0.5) is 11.4 Å². The molecule has 0 unspecified atom stereocenters. The van der Waals surface area contributed by atoms with Gasteiger partial charge in [-0.3, -0.25) is 9.89 Å². The summed E-state index contributed by atoms with van der Waals surface area (Å²) in [5.74, 6) is -0.192. The van der Waals surface area contributed by atoms with E-state index in [1.807, 2.05) is 18.2 Å². The van der Waals surface area contributed by atoms with E-state index >= 15 is 0 Å². The Kier molecular flexibility index (Phi) is 3.42. The van der Waals surface area contributed by atoms with Crippen LogP contribution in [-0.2, 0) is 6.42 Å². The second-order valence-electron chi connectivity index (χ2n) is 5.64. The van der Waals surface area contributed by atoms with Gasteiger partial charge < -0.3 is 10.6 Å². The lowest BCUT2D eigenvalue weighted by Gasteiger charge is -2.18. The number of aromatic amines is 1. The van der Waals surface area contributed by atoms with E-state index in [4.69, 9.17) is 11.6 Å². The van der Waals surface area contributed by atoms with Crippen LogP contribution < -0.4 is 10.6 Å². The molecule has 0 saturated carbocycles. The number of hydrogen-bond donors (Lipinski definition) is 3. The molecule has 0 spiro atoms. The molecule has 0 saturated heterocycles. The molecule has 23 heavy (non-hydrogen) atoms. The minimum absolute atomic E-state index is 0.192. The summed E-state index contributed by atoms with van der Waals surface area (Å²) in [5, 5.41) is 14.4. The maximum atomic E-state index is 12.6. The Morgan fingerprint density at radius 3 is 3.09 bits per heavy atom. The Balaban J connectivity index is 1.65. The van der Waals surface area contributed by atoms with Crippen molar-refractivity contribution in [2.45, 2.75) is 12.8 Å². The molecule has 1 amide bonds. The molecule has 2 aromatic carbocycles. The zero-order valence-corrected chi connectivity index (χ0v) is 13.1. The average Bonchev–Trinajstić information content (AvgIpc) is 3.02. The van der Waals surface area contributed by atoms with E-state index in [1.54, 1.807) is 18.3 Å². The van der Waals surface area contributed by atoms with Crippen LogP contribution in [0.1, 0.15) is 22.3 Å². The molecule has 0 atom stereocenters. The second kappa shape index (κ2) is 5.59. The molecule has 3 aromatic rings. The standard InChI is InChI=1S/C17H15ClN4O/c18-11-7-13(14-9-20-22-16(14)8-11)17(23)21-12-3-4-15-10(6-12)2-1-5-19-15/h3-4,6-9,19H,1-2,5H2,(H,20,22)(H,21,23). The van der Waals surface area contributed by atoms with Gasteiger partial charge >= 0.3 is 0 Å². The molecule has 0 fully saturated rings. The van der Waals surface area contributed by atoms with Gasteiger partial charge in [0.25, 0.3) is 5.91 Å². The SMILES string of the molecule is O=C(Nc1ccc2c(c1)CCCN2)c1cc(Cl)cc2[nH]ncc12. The van der Waals surface area contributed by atoms with Crippen LogP contribution in [-0.4, -0.2) is 22.6 Å². The van der Waals surface area contributed by atoms with Crippen LogP contribution in [0.3, 0.4) is 0 Å². The van der Waals surface area contributed by atoms with Crippen molar-refractivity contribution in [1.82, 2.24) is 10.2 Å². The monoisotopic (exact) mass is 326 g/mol. The maximum Gasteiger partial charge on any atom is 0.256 e. The van der Waals surface area contributed by atoms with Gasteiger partial charge in [-0.1, -0.05) is 11.6 Å². The molecule has 1 aliphatic rings. The lowest BCUT2D eigenvalue weighted by Crippen LogP contribution is -2.15. The van der Waals surface area contributed by atoms with E-state index in [0.29, 0.717) is 10.6 Å². The summed E-state index contributed by atoms with van der Waals surface area (Å²) in [5.41, 5.74) is 4.42. The molecule has 2 heterocycles. The number of aryl methyl sites for hydroxylation is 1. The fourth-order valence-corrected chi connectivity index (χ4v) is 3.17. The number of H-pyrrole nitrogens is 1. The third-order valence-corrected chi connectivity index (χ3v) is 4.29. The lowest BCUT2D eigenvalue weighted by molar-refractivity contribution is 0.102. The number of carbonyl (C=O) groups excluding carboxylic acids is 1. The van der Waals surface area contributed by atoms with Crippen LogP contribution in [0.2, 0.25) is 5.02 Å². The number of nitrogens with one attached hydrogen (secondary N) is 3. The van der Waals surface area contributed by atoms with Crippen molar-refractivity contribution in [2.24, 2.45) is 0 Å². The number of halogens is 1. The first-order chi connectivity index (χ1) is 11.2. The molecule has 1 aliphatic heterocycles. The Bertz CT molecular complexity index is 903. The number of carbonyl (C=O) groups is 1. The normalized spacial score (nSPS) is 13.4. The molecule has 3 N–H and O–H groups in total. The topological polar surface area (TPSA) is 69.8 Å². The third kappa shape index (κ3) is 2.64. The van der Waals surface area contributed by atoms with Crippen LogP contribution in [0.25, 0.3) is 10.9 Å². The highest BCUT2D eigenvalue weighted by atomic mass is 35.5. The number of nitrogens with zero attached hydrogens (tertiary/aromatic N) is 1. The van der Waals surface area contributed by atoms with Crippen LogP contribution in [0.15, 0.2) is 36.5 Å². The summed E-state index contributed by atoms with van der Waals surface area (Å²) in [6.45, 7) is 1.000. The zero-order valence-electron chi connectivity index (χ0n) is 12.3. The van der Waals surface area contributed by atoms with Gasteiger partial charge in [-0.2, -0.15) is 5.10 Å². The van der Waals surface area contributed by atoms with Crippen LogP contribution >= 0.6 is 11.6 Å². The van der Waals surface area contributed by atoms with Crippen molar-refractivity contribution in [1.29, 1.82) is 0 Å². The highest BCUT2D eigenvalue weighted by molar-refractivity contribution is 6.32. The van der Waals surface area contributed by atoms with E-state index in [9.17, 15) is 4.79 Å². The summed E-state index contributed by atoms with van der Waals surface area (Å²) in [7, 11) is 0. The molecule has 0 aliphatic carbocycles. The van der Waals surface area contributed by atoms with Crippen molar-refractivity contribution in [3.63, 3.8) is 0 Å². The van der Waals surface area contributed by atoms with Gasteiger partial charge in [0, 0.05) is 28.3 Å². The highest BCUT2D eigenvalue weighted by Crippen LogP contribution is 2.27. The average molecular weight is 327 g/mol. The largest absolute Gasteiger partial charge is 0.385 e. The predicted octanol–water partition coefficient (Wildman–Crippen LogP) is 3.83. The van der Waals surface area contributed by atoms with Gasteiger partial charge in [0.05, 0.1) is 17.3 Å². The summed E-state index contributed by atoms with van der Waals surface area (Å²) < 4.78 is 0.